The Morgan fingerprint density at radius 2 is 1.69 bits per heavy atom. The lowest BCUT2D eigenvalue weighted by Crippen LogP contribution is -2.51. The molecule has 0 unspecified atom stereocenters. The Balaban J connectivity index is 1.50. The molecule has 0 bridgehead atoms. The molecule has 1 N–H and O–H groups in total. The second-order valence-corrected chi connectivity index (χ2v) is 8.21. The van der Waals surface area contributed by atoms with Crippen LogP contribution >= 0.6 is 0 Å². The Kier molecular flexibility index (Phi) is 4.56. The molecule has 1 aliphatic rings. The Hall–Kier alpha value is -3.29. The van der Waals surface area contributed by atoms with Gasteiger partial charge < -0.3 is 23.9 Å². The van der Waals surface area contributed by atoms with Crippen LogP contribution in [0.1, 0.15) is 31.1 Å². The Labute approximate surface area is 167 Å². The second-order valence-electron chi connectivity index (χ2n) is 8.21. The molecule has 3 heterocycles. The van der Waals surface area contributed by atoms with Gasteiger partial charge in [0.25, 0.3) is 11.5 Å². The number of H-pyrrole nitrogens is 1. The SMILES string of the molecule is CC(C)(C)OC(=O)N1CCN(C(=O)c2ccc3c(c2)[nH]c(=O)c2cccn23)CC1. The summed E-state index contributed by atoms with van der Waals surface area (Å²) >= 11 is 0. The first-order valence-corrected chi connectivity index (χ1v) is 9.63. The smallest absolute Gasteiger partial charge is 0.410 e. The zero-order chi connectivity index (χ0) is 20.8. The number of ether oxygens (including phenoxy) is 1. The minimum Gasteiger partial charge on any atom is -0.444 e. The van der Waals surface area contributed by atoms with Crippen molar-refractivity contribution in [1.82, 2.24) is 19.2 Å². The maximum Gasteiger partial charge on any atom is 0.410 e. The van der Waals surface area contributed by atoms with Gasteiger partial charge in [-0.1, -0.05) is 0 Å². The molecule has 1 fully saturated rings. The number of hydrogen-bond acceptors (Lipinski definition) is 4. The van der Waals surface area contributed by atoms with E-state index in [1.54, 1.807) is 28.0 Å². The molecule has 8 heteroatoms. The molecule has 2 aromatic heterocycles. The number of hydrogen-bond donors (Lipinski definition) is 1. The van der Waals surface area contributed by atoms with E-state index in [2.05, 4.69) is 4.98 Å². The summed E-state index contributed by atoms with van der Waals surface area (Å²) in [5.74, 6) is -0.121. The number of benzene rings is 1. The van der Waals surface area contributed by atoms with Crippen LogP contribution in [0, 0.1) is 0 Å². The Morgan fingerprint density at radius 3 is 2.38 bits per heavy atom. The van der Waals surface area contributed by atoms with Crippen molar-refractivity contribution in [1.29, 1.82) is 0 Å². The van der Waals surface area contributed by atoms with Gasteiger partial charge >= 0.3 is 6.09 Å². The van der Waals surface area contributed by atoms with E-state index in [1.165, 1.54) is 0 Å². The molecule has 1 saturated heterocycles. The second kappa shape index (κ2) is 6.95. The number of rotatable bonds is 1. The van der Waals surface area contributed by atoms with Crippen LogP contribution < -0.4 is 5.56 Å². The van der Waals surface area contributed by atoms with Crippen molar-refractivity contribution in [3.05, 3.63) is 52.4 Å². The normalized spacial score (nSPS) is 15.1. The molecular weight excluding hydrogens is 372 g/mol. The number of aromatic nitrogens is 2. The molecule has 0 atom stereocenters. The summed E-state index contributed by atoms with van der Waals surface area (Å²) in [4.78, 5) is 43.5. The van der Waals surface area contributed by atoms with Crippen LogP contribution in [-0.4, -0.2) is 63.0 Å². The fourth-order valence-corrected chi connectivity index (χ4v) is 3.54. The molecule has 0 radical (unpaired) electrons. The third-order valence-corrected chi connectivity index (χ3v) is 4.95. The standard InChI is InChI=1S/C21H24N4O4/c1-21(2,3)29-20(28)24-11-9-23(10-12-24)19(27)14-6-7-16-15(13-14)22-18(26)17-5-4-8-25(16)17/h4-8,13H,9-12H2,1-3H3,(H,22,26). The van der Waals surface area contributed by atoms with Crippen molar-refractivity contribution < 1.29 is 14.3 Å². The number of amides is 2. The zero-order valence-corrected chi connectivity index (χ0v) is 16.8. The maximum absolute atomic E-state index is 12.9. The first-order valence-electron chi connectivity index (χ1n) is 9.63. The molecule has 0 aliphatic carbocycles. The van der Waals surface area contributed by atoms with Gasteiger partial charge in [0.1, 0.15) is 11.1 Å². The van der Waals surface area contributed by atoms with Crippen molar-refractivity contribution in [2.45, 2.75) is 26.4 Å². The summed E-state index contributed by atoms with van der Waals surface area (Å²) in [5, 5.41) is 0. The van der Waals surface area contributed by atoms with Crippen LogP contribution in [0.5, 0.6) is 0 Å². The minimum atomic E-state index is -0.544. The summed E-state index contributed by atoms with van der Waals surface area (Å²) in [6, 6.07) is 8.87. The third-order valence-electron chi connectivity index (χ3n) is 4.95. The van der Waals surface area contributed by atoms with E-state index in [0.29, 0.717) is 42.8 Å². The number of nitrogens with zero attached hydrogens (tertiary/aromatic N) is 3. The highest BCUT2D eigenvalue weighted by Gasteiger charge is 2.28. The van der Waals surface area contributed by atoms with E-state index in [0.717, 1.165) is 5.52 Å². The van der Waals surface area contributed by atoms with Crippen LogP contribution in [0.3, 0.4) is 0 Å². The van der Waals surface area contributed by atoms with Gasteiger partial charge in [0.2, 0.25) is 0 Å². The molecule has 4 rings (SSSR count). The molecule has 1 aliphatic heterocycles. The van der Waals surface area contributed by atoms with Crippen LogP contribution in [0.25, 0.3) is 16.6 Å². The summed E-state index contributed by atoms with van der Waals surface area (Å²) in [5.41, 5.74) is 1.77. The summed E-state index contributed by atoms with van der Waals surface area (Å²) < 4.78 is 7.20. The molecule has 3 aromatic rings. The molecule has 152 valence electrons. The van der Waals surface area contributed by atoms with Crippen molar-refractivity contribution >= 4 is 28.6 Å². The highest BCUT2D eigenvalue weighted by atomic mass is 16.6. The van der Waals surface area contributed by atoms with Crippen LogP contribution in [0.2, 0.25) is 0 Å². The predicted molar refractivity (Wildman–Crippen MR) is 109 cm³/mol. The highest BCUT2D eigenvalue weighted by molar-refractivity contribution is 5.97. The predicted octanol–water partition coefficient (Wildman–Crippen LogP) is 2.47. The van der Waals surface area contributed by atoms with Gasteiger partial charge in [-0.05, 0) is 51.1 Å². The van der Waals surface area contributed by atoms with Crippen molar-refractivity contribution in [3.63, 3.8) is 0 Å². The van der Waals surface area contributed by atoms with E-state index in [1.807, 2.05) is 43.5 Å². The average molecular weight is 396 g/mol. The van der Waals surface area contributed by atoms with E-state index in [4.69, 9.17) is 4.74 Å². The summed E-state index contributed by atoms with van der Waals surface area (Å²) in [6.45, 7) is 7.21. The Bertz CT molecular complexity index is 1150. The van der Waals surface area contributed by atoms with Crippen LogP contribution in [-0.2, 0) is 4.74 Å². The van der Waals surface area contributed by atoms with Gasteiger partial charge in [0.05, 0.1) is 11.0 Å². The third kappa shape index (κ3) is 3.70. The summed E-state index contributed by atoms with van der Waals surface area (Å²) in [7, 11) is 0. The summed E-state index contributed by atoms with van der Waals surface area (Å²) in [6.07, 6.45) is 1.47. The molecule has 1 aromatic carbocycles. The Morgan fingerprint density at radius 1 is 1.00 bits per heavy atom. The zero-order valence-electron chi connectivity index (χ0n) is 16.8. The topological polar surface area (TPSA) is 87.1 Å². The maximum atomic E-state index is 12.9. The fourth-order valence-electron chi connectivity index (χ4n) is 3.54. The number of nitrogens with one attached hydrogen (secondary N) is 1. The van der Waals surface area contributed by atoms with Crippen molar-refractivity contribution in [2.24, 2.45) is 0 Å². The van der Waals surface area contributed by atoms with Gasteiger partial charge in [0.15, 0.2) is 0 Å². The number of fused-ring (bicyclic) bond motifs is 3. The highest BCUT2D eigenvalue weighted by Crippen LogP contribution is 2.18. The van der Waals surface area contributed by atoms with E-state index < -0.39 is 5.60 Å². The first-order chi connectivity index (χ1) is 13.7. The van der Waals surface area contributed by atoms with E-state index in [-0.39, 0.29) is 17.6 Å². The number of aromatic amines is 1. The quantitative estimate of drug-likeness (QED) is 0.685. The van der Waals surface area contributed by atoms with Gasteiger partial charge in [-0.15, -0.1) is 0 Å². The molecule has 29 heavy (non-hydrogen) atoms. The van der Waals surface area contributed by atoms with Gasteiger partial charge in [-0.2, -0.15) is 0 Å². The average Bonchev–Trinajstić information content (AvgIpc) is 3.16. The van der Waals surface area contributed by atoms with Gasteiger partial charge in [0, 0.05) is 37.9 Å². The minimum absolute atomic E-state index is 0.121. The lowest BCUT2D eigenvalue weighted by atomic mass is 10.1. The first kappa shape index (κ1) is 19.0. The van der Waals surface area contributed by atoms with E-state index in [9.17, 15) is 14.4 Å². The van der Waals surface area contributed by atoms with Gasteiger partial charge in [-0.3, -0.25) is 9.59 Å². The molecule has 0 saturated carbocycles. The lowest BCUT2D eigenvalue weighted by Gasteiger charge is -2.35. The monoisotopic (exact) mass is 396 g/mol. The fraction of sp³-hybridized carbons (Fsp3) is 0.381. The number of carbonyl (C=O) groups is 2. The van der Waals surface area contributed by atoms with Crippen molar-refractivity contribution in [2.75, 3.05) is 26.2 Å². The number of piperazine rings is 1. The van der Waals surface area contributed by atoms with Crippen molar-refractivity contribution in [3.8, 4) is 0 Å². The lowest BCUT2D eigenvalue weighted by molar-refractivity contribution is 0.0141. The molecule has 2 amide bonds. The van der Waals surface area contributed by atoms with Gasteiger partial charge in [-0.25, -0.2) is 4.79 Å². The molecule has 0 spiro atoms. The largest absolute Gasteiger partial charge is 0.444 e. The molecular formula is C21H24N4O4. The number of carbonyl (C=O) groups excluding carboxylic acids is 2. The molecule has 8 nitrogen and oxygen atoms in total. The van der Waals surface area contributed by atoms with Crippen LogP contribution in [0.4, 0.5) is 4.79 Å². The van der Waals surface area contributed by atoms with E-state index >= 15 is 0 Å². The van der Waals surface area contributed by atoms with Crippen LogP contribution in [0.15, 0.2) is 41.3 Å².